The van der Waals surface area contributed by atoms with E-state index in [1.165, 1.54) is 0 Å². The number of carbonyl (C=O) groups excluding carboxylic acids is 1. The number of aromatic nitrogens is 3. The van der Waals surface area contributed by atoms with Crippen LogP contribution in [0.25, 0.3) is 22.5 Å². The molecule has 1 aromatic carbocycles. The minimum absolute atomic E-state index is 0.0229. The number of fused-ring (bicyclic) bond motifs is 1. The fraction of sp³-hybridized carbons (Fsp3) is 0.292. The fourth-order valence-electron chi connectivity index (χ4n) is 3.89. The normalized spacial score (nSPS) is 11.4. The molecular formula is C24H26N4O2. The lowest BCUT2D eigenvalue weighted by atomic mass is 10.0. The third-order valence-electron chi connectivity index (χ3n) is 5.33. The van der Waals surface area contributed by atoms with E-state index in [9.17, 15) is 4.79 Å². The molecule has 3 heterocycles. The molecule has 0 N–H and O–H groups in total. The van der Waals surface area contributed by atoms with Crippen LogP contribution in [-0.4, -0.2) is 26.7 Å². The Balaban J connectivity index is 1.96. The molecule has 0 unspecified atom stereocenters. The van der Waals surface area contributed by atoms with Gasteiger partial charge >= 0.3 is 0 Å². The van der Waals surface area contributed by atoms with Crippen molar-refractivity contribution in [1.82, 2.24) is 14.8 Å². The Morgan fingerprint density at radius 2 is 1.90 bits per heavy atom. The zero-order valence-electron chi connectivity index (χ0n) is 18.2. The predicted octanol–water partition coefficient (Wildman–Crippen LogP) is 5.21. The van der Waals surface area contributed by atoms with Gasteiger partial charge in [-0.2, -0.15) is 5.10 Å². The minimum atomic E-state index is -0.0741. The summed E-state index contributed by atoms with van der Waals surface area (Å²) in [7, 11) is 1.84. The Hall–Kier alpha value is -3.41. The summed E-state index contributed by atoms with van der Waals surface area (Å²) in [6, 6.07) is 11.6. The molecule has 0 saturated carbocycles. The predicted molar refractivity (Wildman–Crippen MR) is 119 cm³/mol. The number of benzene rings is 1. The number of rotatable bonds is 4. The summed E-state index contributed by atoms with van der Waals surface area (Å²) in [6.45, 7) is 10.0. The summed E-state index contributed by atoms with van der Waals surface area (Å²) in [6.07, 6.45) is 1.60. The van der Waals surface area contributed by atoms with E-state index in [1.54, 1.807) is 10.9 Å². The maximum Gasteiger partial charge on any atom is 0.259 e. The van der Waals surface area contributed by atoms with Crippen LogP contribution in [0.4, 0.5) is 5.69 Å². The monoisotopic (exact) mass is 402 g/mol. The lowest BCUT2D eigenvalue weighted by Gasteiger charge is -2.29. The number of carbonyl (C=O) groups is 1. The van der Waals surface area contributed by atoms with Gasteiger partial charge in [-0.1, -0.05) is 12.1 Å². The van der Waals surface area contributed by atoms with Gasteiger partial charge in [0.2, 0.25) is 0 Å². The molecule has 4 rings (SSSR count). The molecule has 0 radical (unpaired) electrons. The summed E-state index contributed by atoms with van der Waals surface area (Å²) in [5.41, 5.74) is 5.72. The van der Waals surface area contributed by atoms with Gasteiger partial charge in [-0.15, -0.1) is 0 Å². The third kappa shape index (κ3) is 3.28. The highest BCUT2D eigenvalue weighted by molar-refractivity contribution is 6.15. The standard InChI is InChI=1S/C24H26N4O2/c1-14(2)28(20-12-15(3)9-10-16(20)4)24(29)18-13-19(21-8-7-11-30-21)25-23-22(18)17(5)26-27(23)6/h7-14H,1-6H3. The maximum absolute atomic E-state index is 14.0. The van der Waals surface area contributed by atoms with Crippen molar-refractivity contribution in [2.45, 2.75) is 40.7 Å². The number of furan rings is 1. The second-order valence-corrected chi connectivity index (χ2v) is 8.00. The Bertz CT molecular complexity index is 1240. The highest BCUT2D eigenvalue weighted by atomic mass is 16.3. The molecule has 0 spiro atoms. The van der Waals surface area contributed by atoms with E-state index in [1.807, 2.05) is 64.8 Å². The number of pyridine rings is 1. The molecule has 0 aliphatic carbocycles. The fourth-order valence-corrected chi connectivity index (χ4v) is 3.89. The van der Waals surface area contributed by atoms with Gasteiger partial charge in [0.15, 0.2) is 11.4 Å². The van der Waals surface area contributed by atoms with Gasteiger partial charge in [0.25, 0.3) is 5.91 Å². The van der Waals surface area contributed by atoms with E-state index in [0.29, 0.717) is 22.7 Å². The SMILES string of the molecule is Cc1ccc(C)c(N(C(=O)c2cc(-c3ccco3)nc3c2c(C)nn3C)C(C)C)c1. The van der Waals surface area contributed by atoms with Crippen molar-refractivity contribution in [2.75, 3.05) is 4.90 Å². The Morgan fingerprint density at radius 3 is 2.57 bits per heavy atom. The van der Waals surface area contributed by atoms with Gasteiger partial charge in [0.05, 0.1) is 22.9 Å². The van der Waals surface area contributed by atoms with Crippen LogP contribution in [0.1, 0.15) is 41.0 Å². The van der Waals surface area contributed by atoms with Crippen molar-refractivity contribution in [3.05, 3.63) is 65.0 Å². The molecule has 4 aromatic rings. The topological polar surface area (TPSA) is 64.2 Å². The van der Waals surface area contributed by atoms with Crippen molar-refractivity contribution in [3.63, 3.8) is 0 Å². The first-order valence-electron chi connectivity index (χ1n) is 10.1. The van der Waals surface area contributed by atoms with Gasteiger partial charge in [-0.25, -0.2) is 4.98 Å². The zero-order valence-corrected chi connectivity index (χ0v) is 18.2. The average molecular weight is 402 g/mol. The van der Waals surface area contributed by atoms with Crippen molar-refractivity contribution in [2.24, 2.45) is 7.05 Å². The van der Waals surface area contributed by atoms with Crippen molar-refractivity contribution in [1.29, 1.82) is 0 Å². The number of nitrogens with zero attached hydrogens (tertiary/aromatic N) is 4. The van der Waals surface area contributed by atoms with Gasteiger partial charge in [0.1, 0.15) is 5.69 Å². The first kappa shape index (κ1) is 19.9. The largest absolute Gasteiger partial charge is 0.463 e. The number of hydrogen-bond donors (Lipinski definition) is 0. The zero-order chi connectivity index (χ0) is 21.6. The molecule has 30 heavy (non-hydrogen) atoms. The number of amides is 1. The first-order valence-corrected chi connectivity index (χ1v) is 10.1. The van der Waals surface area contributed by atoms with Crippen LogP contribution in [0.15, 0.2) is 47.1 Å². The molecule has 0 aliphatic rings. The molecule has 6 nitrogen and oxygen atoms in total. The molecule has 1 amide bonds. The van der Waals surface area contributed by atoms with Crippen LogP contribution >= 0.6 is 0 Å². The smallest absolute Gasteiger partial charge is 0.259 e. The quantitative estimate of drug-likeness (QED) is 0.470. The summed E-state index contributed by atoms with van der Waals surface area (Å²) >= 11 is 0. The second kappa shape index (κ2) is 7.44. The van der Waals surface area contributed by atoms with Crippen LogP contribution in [0, 0.1) is 20.8 Å². The van der Waals surface area contributed by atoms with Crippen LogP contribution in [-0.2, 0) is 7.05 Å². The van der Waals surface area contributed by atoms with Crippen molar-refractivity contribution in [3.8, 4) is 11.5 Å². The Kier molecular flexibility index (Phi) is 4.94. The lowest BCUT2D eigenvalue weighted by molar-refractivity contribution is 0.0981. The molecule has 6 heteroatoms. The van der Waals surface area contributed by atoms with E-state index < -0.39 is 0 Å². The molecule has 0 fully saturated rings. The maximum atomic E-state index is 14.0. The first-order chi connectivity index (χ1) is 14.3. The van der Waals surface area contributed by atoms with E-state index >= 15 is 0 Å². The van der Waals surface area contributed by atoms with Gasteiger partial charge in [-0.05, 0) is 70.0 Å². The van der Waals surface area contributed by atoms with E-state index in [4.69, 9.17) is 9.40 Å². The van der Waals surface area contributed by atoms with Gasteiger partial charge in [0, 0.05) is 18.8 Å². The molecule has 0 bridgehead atoms. The second-order valence-electron chi connectivity index (χ2n) is 8.00. The summed E-state index contributed by atoms with van der Waals surface area (Å²) in [5, 5.41) is 5.29. The van der Waals surface area contributed by atoms with Crippen LogP contribution in [0.2, 0.25) is 0 Å². The van der Waals surface area contributed by atoms with Gasteiger partial charge in [-0.3, -0.25) is 9.48 Å². The van der Waals surface area contributed by atoms with E-state index in [2.05, 4.69) is 23.3 Å². The highest BCUT2D eigenvalue weighted by Gasteiger charge is 2.27. The Morgan fingerprint density at radius 1 is 1.13 bits per heavy atom. The molecule has 0 saturated heterocycles. The van der Waals surface area contributed by atoms with Crippen LogP contribution < -0.4 is 4.90 Å². The lowest BCUT2D eigenvalue weighted by Crippen LogP contribution is -2.37. The third-order valence-corrected chi connectivity index (χ3v) is 5.33. The van der Waals surface area contributed by atoms with E-state index in [0.717, 1.165) is 27.9 Å². The van der Waals surface area contributed by atoms with Gasteiger partial charge < -0.3 is 9.32 Å². The van der Waals surface area contributed by atoms with Crippen LogP contribution in [0.3, 0.4) is 0 Å². The summed E-state index contributed by atoms with van der Waals surface area (Å²) in [5.74, 6) is 0.544. The minimum Gasteiger partial charge on any atom is -0.463 e. The van der Waals surface area contributed by atoms with E-state index in [-0.39, 0.29) is 11.9 Å². The van der Waals surface area contributed by atoms with Crippen LogP contribution in [0.5, 0.6) is 0 Å². The number of hydrogen-bond acceptors (Lipinski definition) is 4. The number of anilines is 1. The molecular weight excluding hydrogens is 376 g/mol. The summed E-state index contributed by atoms with van der Waals surface area (Å²) < 4.78 is 7.27. The average Bonchev–Trinajstić information content (AvgIpc) is 3.32. The highest BCUT2D eigenvalue weighted by Crippen LogP contribution is 2.31. The Labute approximate surface area is 176 Å². The molecule has 154 valence electrons. The van der Waals surface area contributed by atoms with Crippen molar-refractivity contribution >= 4 is 22.6 Å². The number of aryl methyl sites for hydroxylation is 4. The molecule has 0 aliphatic heterocycles. The molecule has 3 aromatic heterocycles. The van der Waals surface area contributed by atoms with Crippen molar-refractivity contribution < 1.29 is 9.21 Å². The molecule has 0 atom stereocenters. The summed E-state index contributed by atoms with van der Waals surface area (Å²) in [4.78, 5) is 20.6.